The van der Waals surface area contributed by atoms with Gasteiger partial charge in [-0.2, -0.15) is 4.99 Å². The maximum atomic E-state index is 10.4. The largest absolute Gasteiger partial charge is 0.235 e. The summed E-state index contributed by atoms with van der Waals surface area (Å²) in [5.74, 6) is 0.595. The molecule has 1 rings (SSSR count). The molecule has 0 N–H and O–H groups in total. The van der Waals surface area contributed by atoms with Crippen LogP contribution in [0, 0.1) is 5.92 Å². The first-order chi connectivity index (χ1) is 7.47. The van der Waals surface area contributed by atoms with Crippen molar-refractivity contribution >= 4 is 6.08 Å². The normalized spacial score (nSPS) is 11.3. The molecule has 0 saturated heterocycles. The summed E-state index contributed by atoms with van der Waals surface area (Å²) in [5.41, 5.74) is 1.90. The molecule has 0 saturated carbocycles. The predicted octanol–water partition coefficient (Wildman–Crippen LogP) is 3.46. The van der Waals surface area contributed by atoms with Crippen LogP contribution >= 0.6 is 0 Å². The molecule has 0 bridgehead atoms. The third-order valence-corrected chi connectivity index (χ3v) is 2.63. The highest BCUT2D eigenvalue weighted by Gasteiger charge is 2.22. The maximum Gasteiger partial charge on any atom is 0.235 e. The van der Waals surface area contributed by atoms with E-state index in [9.17, 15) is 4.79 Å². The van der Waals surface area contributed by atoms with Crippen LogP contribution in [-0.2, 0) is 16.8 Å². The Kier molecular flexibility index (Phi) is 4.03. The van der Waals surface area contributed by atoms with Crippen molar-refractivity contribution in [2.24, 2.45) is 10.9 Å². The molecule has 0 amide bonds. The van der Waals surface area contributed by atoms with Crippen LogP contribution in [-0.4, -0.2) is 6.08 Å². The van der Waals surface area contributed by atoms with Gasteiger partial charge in [-0.05, 0) is 37.3 Å². The monoisotopic (exact) mass is 217 g/mol. The molecule has 0 aliphatic heterocycles. The summed E-state index contributed by atoms with van der Waals surface area (Å²) < 4.78 is 0. The second-order valence-electron chi connectivity index (χ2n) is 5.02. The van der Waals surface area contributed by atoms with E-state index in [1.165, 1.54) is 5.56 Å². The standard InChI is InChI=1S/C14H19NO/c1-11(2)9-12-7-5-6-8-13(12)14(3,4)15-10-16/h5-8,11H,9H2,1-4H3. The Balaban J connectivity index is 3.17. The topological polar surface area (TPSA) is 29.4 Å². The van der Waals surface area contributed by atoms with Crippen LogP contribution in [0.1, 0.15) is 38.8 Å². The summed E-state index contributed by atoms with van der Waals surface area (Å²) in [6, 6.07) is 8.17. The first-order valence-electron chi connectivity index (χ1n) is 5.65. The van der Waals surface area contributed by atoms with E-state index in [-0.39, 0.29) is 0 Å². The molecule has 0 spiro atoms. The molecule has 0 aliphatic rings. The Morgan fingerprint density at radius 3 is 2.50 bits per heavy atom. The van der Waals surface area contributed by atoms with E-state index in [0.29, 0.717) is 5.92 Å². The van der Waals surface area contributed by atoms with Crippen LogP contribution in [0.15, 0.2) is 29.3 Å². The van der Waals surface area contributed by atoms with Crippen LogP contribution in [0.2, 0.25) is 0 Å². The molecule has 16 heavy (non-hydrogen) atoms. The van der Waals surface area contributed by atoms with Gasteiger partial charge in [0.2, 0.25) is 6.08 Å². The summed E-state index contributed by atoms with van der Waals surface area (Å²) in [4.78, 5) is 14.3. The number of hydrogen-bond acceptors (Lipinski definition) is 2. The number of rotatable bonds is 4. The molecule has 2 heteroatoms. The van der Waals surface area contributed by atoms with Gasteiger partial charge in [-0.25, -0.2) is 4.79 Å². The average Bonchev–Trinajstić information content (AvgIpc) is 2.17. The fourth-order valence-electron chi connectivity index (χ4n) is 1.91. The minimum absolute atomic E-state index is 0.479. The maximum absolute atomic E-state index is 10.4. The van der Waals surface area contributed by atoms with Gasteiger partial charge in [0.15, 0.2) is 0 Å². The van der Waals surface area contributed by atoms with E-state index in [1.807, 2.05) is 32.0 Å². The van der Waals surface area contributed by atoms with Crippen LogP contribution in [0.25, 0.3) is 0 Å². The molecular weight excluding hydrogens is 198 g/mol. The van der Waals surface area contributed by atoms with Crippen molar-refractivity contribution in [1.29, 1.82) is 0 Å². The molecule has 0 radical (unpaired) electrons. The number of hydrogen-bond donors (Lipinski definition) is 0. The second-order valence-corrected chi connectivity index (χ2v) is 5.02. The van der Waals surface area contributed by atoms with Gasteiger partial charge in [-0.3, -0.25) is 0 Å². The molecule has 0 fully saturated rings. The number of nitrogens with zero attached hydrogens (tertiary/aromatic N) is 1. The number of aliphatic imine (C=N–C) groups is 1. The zero-order valence-electron chi connectivity index (χ0n) is 10.4. The molecule has 1 aromatic rings. The minimum atomic E-state index is -0.479. The third-order valence-electron chi connectivity index (χ3n) is 2.63. The van der Waals surface area contributed by atoms with Crippen molar-refractivity contribution in [3.63, 3.8) is 0 Å². The summed E-state index contributed by atoms with van der Waals surface area (Å²) in [5, 5.41) is 0. The van der Waals surface area contributed by atoms with Gasteiger partial charge in [-0.1, -0.05) is 38.1 Å². The Labute approximate surface area is 97.4 Å². The Bertz CT molecular complexity index is 401. The quantitative estimate of drug-likeness (QED) is 0.561. The zero-order valence-corrected chi connectivity index (χ0v) is 10.4. The first-order valence-corrected chi connectivity index (χ1v) is 5.65. The van der Waals surface area contributed by atoms with Gasteiger partial charge in [0.05, 0.1) is 5.54 Å². The van der Waals surface area contributed by atoms with E-state index in [4.69, 9.17) is 0 Å². The van der Waals surface area contributed by atoms with Gasteiger partial charge >= 0.3 is 0 Å². The number of benzene rings is 1. The van der Waals surface area contributed by atoms with Crippen LogP contribution < -0.4 is 0 Å². The van der Waals surface area contributed by atoms with Gasteiger partial charge in [-0.15, -0.1) is 0 Å². The molecule has 1 aromatic carbocycles. The van der Waals surface area contributed by atoms with Crippen LogP contribution in [0.3, 0.4) is 0 Å². The van der Waals surface area contributed by atoms with Gasteiger partial charge in [0, 0.05) is 0 Å². The summed E-state index contributed by atoms with van der Waals surface area (Å²) in [6.45, 7) is 8.26. The molecule has 86 valence electrons. The first kappa shape index (κ1) is 12.7. The van der Waals surface area contributed by atoms with E-state index in [1.54, 1.807) is 6.08 Å². The number of carbonyl (C=O) groups excluding carboxylic acids is 1. The fourth-order valence-corrected chi connectivity index (χ4v) is 1.91. The third kappa shape index (κ3) is 3.04. The molecule has 0 aromatic heterocycles. The van der Waals surface area contributed by atoms with Gasteiger partial charge in [0.25, 0.3) is 0 Å². The summed E-state index contributed by atoms with van der Waals surface area (Å²) in [6.07, 6.45) is 2.67. The highest BCUT2D eigenvalue weighted by Crippen LogP contribution is 2.28. The summed E-state index contributed by atoms with van der Waals surface area (Å²) in [7, 11) is 0. The van der Waals surface area contributed by atoms with E-state index in [0.717, 1.165) is 12.0 Å². The molecular formula is C14H19NO. The molecule has 0 heterocycles. The number of isocyanates is 1. The summed E-state index contributed by atoms with van der Waals surface area (Å²) >= 11 is 0. The molecule has 0 atom stereocenters. The minimum Gasteiger partial charge on any atom is -0.211 e. The molecule has 0 aliphatic carbocycles. The van der Waals surface area contributed by atoms with Crippen molar-refractivity contribution in [3.8, 4) is 0 Å². The molecule has 2 nitrogen and oxygen atoms in total. The fraction of sp³-hybridized carbons (Fsp3) is 0.500. The van der Waals surface area contributed by atoms with E-state index < -0.39 is 5.54 Å². The smallest absolute Gasteiger partial charge is 0.211 e. The predicted molar refractivity (Wildman–Crippen MR) is 66.1 cm³/mol. The second kappa shape index (κ2) is 5.09. The SMILES string of the molecule is CC(C)Cc1ccccc1C(C)(C)N=C=O. The highest BCUT2D eigenvalue weighted by atomic mass is 16.1. The Morgan fingerprint density at radius 1 is 1.31 bits per heavy atom. The van der Waals surface area contributed by atoms with E-state index >= 15 is 0 Å². The zero-order chi connectivity index (χ0) is 12.2. The Morgan fingerprint density at radius 2 is 1.94 bits per heavy atom. The lowest BCUT2D eigenvalue weighted by Gasteiger charge is -2.22. The lowest BCUT2D eigenvalue weighted by atomic mass is 9.87. The molecule has 0 unspecified atom stereocenters. The van der Waals surface area contributed by atoms with Crippen LogP contribution in [0.5, 0.6) is 0 Å². The lowest BCUT2D eigenvalue weighted by Crippen LogP contribution is -2.17. The van der Waals surface area contributed by atoms with Crippen molar-refractivity contribution in [1.82, 2.24) is 0 Å². The lowest BCUT2D eigenvalue weighted by molar-refractivity contribution is 0.515. The van der Waals surface area contributed by atoms with Crippen molar-refractivity contribution in [2.75, 3.05) is 0 Å². The van der Waals surface area contributed by atoms with Crippen molar-refractivity contribution in [2.45, 2.75) is 39.7 Å². The van der Waals surface area contributed by atoms with Crippen molar-refractivity contribution in [3.05, 3.63) is 35.4 Å². The van der Waals surface area contributed by atoms with Crippen molar-refractivity contribution < 1.29 is 4.79 Å². The Hall–Kier alpha value is -1.40. The van der Waals surface area contributed by atoms with Crippen LogP contribution in [0.4, 0.5) is 0 Å². The van der Waals surface area contributed by atoms with Gasteiger partial charge in [0.1, 0.15) is 0 Å². The average molecular weight is 217 g/mol. The highest BCUT2D eigenvalue weighted by molar-refractivity contribution is 5.40. The van der Waals surface area contributed by atoms with E-state index in [2.05, 4.69) is 24.9 Å². The van der Waals surface area contributed by atoms with Gasteiger partial charge < -0.3 is 0 Å².